The number of likely N-dealkylation sites (N-methyl/N-ethyl adjacent to an activating group) is 1. The Morgan fingerprint density at radius 3 is 2.67 bits per heavy atom. The van der Waals surface area contributed by atoms with Crippen LogP contribution in [0, 0.1) is 5.82 Å². The fraction of sp³-hybridized carbons (Fsp3) is 0.600. The summed E-state index contributed by atoms with van der Waals surface area (Å²) in [4.78, 5) is 2.18. The van der Waals surface area contributed by atoms with Gasteiger partial charge in [-0.25, -0.2) is 4.39 Å². The Morgan fingerprint density at radius 2 is 2.00 bits per heavy atom. The molecule has 0 aromatic heterocycles. The molecule has 0 aliphatic carbocycles. The van der Waals surface area contributed by atoms with Crippen LogP contribution in [0.2, 0.25) is 0 Å². The van der Waals surface area contributed by atoms with E-state index < -0.39 is 0 Å². The summed E-state index contributed by atoms with van der Waals surface area (Å²) in [7, 11) is 2.04. The smallest absolute Gasteiger partial charge is 0.127 e. The lowest BCUT2D eigenvalue weighted by Gasteiger charge is -2.25. The molecule has 0 heterocycles. The van der Waals surface area contributed by atoms with Crippen LogP contribution in [0.4, 0.5) is 4.39 Å². The third-order valence-electron chi connectivity index (χ3n) is 3.36. The average molecular weight is 252 g/mol. The number of halogens is 1. The van der Waals surface area contributed by atoms with Gasteiger partial charge in [0, 0.05) is 24.7 Å². The van der Waals surface area contributed by atoms with Gasteiger partial charge in [-0.3, -0.25) is 4.90 Å². The molecule has 0 aliphatic heterocycles. The van der Waals surface area contributed by atoms with E-state index in [1.54, 1.807) is 6.07 Å². The van der Waals surface area contributed by atoms with E-state index in [9.17, 15) is 4.39 Å². The van der Waals surface area contributed by atoms with Gasteiger partial charge in [0.2, 0.25) is 0 Å². The highest BCUT2D eigenvalue weighted by molar-refractivity contribution is 5.20. The standard InChI is InChI=1S/C15H25FN2/c1-4-5-10-17-11-12-18(3)13(2)14-8-6-7-9-15(14)16/h6-9,13,17H,4-5,10-12H2,1-3H3. The van der Waals surface area contributed by atoms with Crippen LogP contribution in [0.25, 0.3) is 0 Å². The Bertz CT molecular complexity index is 341. The first-order valence-corrected chi connectivity index (χ1v) is 6.82. The second-order valence-corrected chi connectivity index (χ2v) is 4.78. The van der Waals surface area contributed by atoms with Gasteiger partial charge in [0.05, 0.1) is 0 Å². The first-order valence-electron chi connectivity index (χ1n) is 6.82. The van der Waals surface area contributed by atoms with Crippen molar-refractivity contribution in [2.75, 3.05) is 26.7 Å². The van der Waals surface area contributed by atoms with E-state index in [1.165, 1.54) is 18.9 Å². The molecule has 1 atom stereocenters. The summed E-state index contributed by atoms with van der Waals surface area (Å²) in [5.41, 5.74) is 0.772. The van der Waals surface area contributed by atoms with Gasteiger partial charge in [0.25, 0.3) is 0 Å². The number of nitrogens with zero attached hydrogens (tertiary/aromatic N) is 1. The fourth-order valence-electron chi connectivity index (χ4n) is 1.93. The highest BCUT2D eigenvalue weighted by Crippen LogP contribution is 2.20. The quantitative estimate of drug-likeness (QED) is 0.715. The summed E-state index contributed by atoms with van der Waals surface area (Å²) in [6.45, 7) is 7.19. The molecule has 0 fully saturated rings. The first-order chi connectivity index (χ1) is 8.66. The van der Waals surface area contributed by atoms with Crippen molar-refractivity contribution in [1.82, 2.24) is 10.2 Å². The van der Waals surface area contributed by atoms with E-state index in [4.69, 9.17) is 0 Å². The molecule has 1 aromatic carbocycles. The first kappa shape index (κ1) is 15.1. The van der Waals surface area contributed by atoms with Crippen molar-refractivity contribution in [3.8, 4) is 0 Å². The van der Waals surface area contributed by atoms with Crippen molar-refractivity contribution < 1.29 is 4.39 Å². The highest BCUT2D eigenvalue weighted by atomic mass is 19.1. The van der Waals surface area contributed by atoms with Gasteiger partial charge in [0.1, 0.15) is 5.82 Å². The van der Waals surface area contributed by atoms with Crippen molar-refractivity contribution in [1.29, 1.82) is 0 Å². The minimum absolute atomic E-state index is 0.110. The van der Waals surface area contributed by atoms with Crippen LogP contribution in [-0.4, -0.2) is 31.6 Å². The SMILES string of the molecule is CCCCNCCN(C)C(C)c1ccccc1F. The van der Waals surface area contributed by atoms with Crippen LogP contribution in [0.15, 0.2) is 24.3 Å². The second-order valence-electron chi connectivity index (χ2n) is 4.78. The summed E-state index contributed by atoms with van der Waals surface area (Å²) in [6.07, 6.45) is 2.43. The average Bonchev–Trinajstić information content (AvgIpc) is 2.38. The number of hydrogen-bond acceptors (Lipinski definition) is 2. The van der Waals surface area contributed by atoms with E-state index in [2.05, 4.69) is 17.1 Å². The van der Waals surface area contributed by atoms with Crippen LogP contribution in [0.5, 0.6) is 0 Å². The zero-order valence-corrected chi connectivity index (χ0v) is 11.7. The number of benzene rings is 1. The number of rotatable bonds is 8. The van der Waals surface area contributed by atoms with Gasteiger partial charge in [-0.15, -0.1) is 0 Å². The van der Waals surface area contributed by atoms with Crippen LogP contribution < -0.4 is 5.32 Å². The lowest BCUT2D eigenvalue weighted by atomic mass is 10.1. The van der Waals surface area contributed by atoms with Crippen molar-refractivity contribution >= 4 is 0 Å². The van der Waals surface area contributed by atoms with Crippen LogP contribution in [0.3, 0.4) is 0 Å². The molecule has 1 N–H and O–H groups in total. The molecule has 1 aromatic rings. The van der Waals surface area contributed by atoms with E-state index in [-0.39, 0.29) is 11.9 Å². The zero-order valence-electron chi connectivity index (χ0n) is 11.7. The third kappa shape index (κ3) is 4.75. The molecular weight excluding hydrogens is 227 g/mol. The Labute approximate surface area is 110 Å². The second kappa shape index (κ2) is 8.22. The topological polar surface area (TPSA) is 15.3 Å². The van der Waals surface area contributed by atoms with Crippen molar-refractivity contribution in [2.24, 2.45) is 0 Å². The largest absolute Gasteiger partial charge is 0.315 e. The molecule has 0 saturated carbocycles. The molecule has 2 nitrogen and oxygen atoms in total. The number of nitrogens with one attached hydrogen (secondary N) is 1. The van der Waals surface area contributed by atoms with Crippen molar-refractivity contribution in [3.05, 3.63) is 35.6 Å². The van der Waals surface area contributed by atoms with Crippen LogP contribution in [-0.2, 0) is 0 Å². The molecule has 18 heavy (non-hydrogen) atoms. The van der Waals surface area contributed by atoms with E-state index in [0.717, 1.165) is 25.2 Å². The monoisotopic (exact) mass is 252 g/mol. The normalized spacial score (nSPS) is 12.9. The maximum Gasteiger partial charge on any atom is 0.127 e. The molecule has 0 aliphatic rings. The number of hydrogen-bond donors (Lipinski definition) is 1. The van der Waals surface area contributed by atoms with Gasteiger partial charge in [-0.05, 0) is 33.0 Å². The van der Waals surface area contributed by atoms with Gasteiger partial charge in [-0.1, -0.05) is 31.5 Å². The maximum atomic E-state index is 13.6. The van der Waals surface area contributed by atoms with Gasteiger partial charge >= 0.3 is 0 Å². The van der Waals surface area contributed by atoms with E-state index >= 15 is 0 Å². The number of unbranched alkanes of at least 4 members (excludes halogenated alkanes) is 1. The summed E-state index contributed by atoms with van der Waals surface area (Å²) < 4.78 is 13.6. The van der Waals surface area contributed by atoms with Crippen LogP contribution in [0.1, 0.15) is 38.3 Å². The zero-order chi connectivity index (χ0) is 13.4. The fourth-order valence-corrected chi connectivity index (χ4v) is 1.93. The minimum atomic E-state index is -0.115. The molecule has 102 valence electrons. The lowest BCUT2D eigenvalue weighted by Crippen LogP contribution is -2.31. The highest BCUT2D eigenvalue weighted by Gasteiger charge is 2.14. The third-order valence-corrected chi connectivity index (χ3v) is 3.36. The van der Waals surface area contributed by atoms with E-state index in [1.807, 2.05) is 26.1 Å². The Kier molecular flexibility index (Phi) is 6.91. The van der Waals surface area contributed by atoms with Crippen molar-refractivity contribution in [3.63, 3.8) is 0 Å². The van der Waals surface area contributed by atoms with Gasteiger partial charge < -0.3 is 5.32 Å². The molecular formula is C15H25FN2. The van der Waals surface area contributed by atoms with Gasteiger partial charge in [-0.2, -0.15) is 0 Å². The Morgan fingerprint density at radius 1 is 1.28 bits per heavy atom. The predicted molar refractivity (Wildman–Crippen MR) is 75.2 cm³/mol. The Balaban J connectivity index is 2.37. The molecule has 0 bridgehead atoms. The molecule has 0 spiro atoms. The Hall–Kier alpha value is -0.930. The minimum Gasteiger partial charge on any atom is -0.315 e. The lowest BCUT2D eigenvalue weighted by molar-refractivity contribution is 0.256. The summed E-state index contributed by atoms with van der Waals surface area (Å²) in [6, 6.07) is 7.12. The molecule has 0 amide bonds. The molecule has 3 heteroatoms. The molecule has 1 unspecified atom stereocenters. The maximum absolute atomic E-state index is 13.6. The summed E-state index contributed by atoms with van der Waals surface area (Å²) in [5, 5.41) is 3.40. The van der Waals surface area contributed by atoms with Gasteiger partial charge in [0.15, 0.2) is 0 Å². The molecule has 0 radical (unpaired) electrons. The van der Waals surface area contributed by atoms with Crippen molar-refractivity contribution in [2.45, 2.75) is 32.7 Å². The summed E-state index contributed by atoms with van der Waals surface area (Å²) >= 11 is 0. The molecule has 1 rings (SSSR count). The molecule has 0 saturated heterocycles. The summed E-state index contributed by atoms with van der Waals surface area (Å²) in [5.74, 6) is -0.115. The predicted octanol–water partition coefficient (Wildman–Crippen LogP) is 3.21. The van der Waals surface area contributed by atoms with Crippen LogP contribution >= 0.6 is 0 Å². The van der Waals surface area contributed by atoms with E-state index in [0.29, 0.717) is 0 Å².